The SMILES string of the molecule is CNc1cc(Sc2ccccc2C)nc(C)n1. The summed E-state index contributed by atoms with van der Waals surface area (Å²) in [6.07, 6.45) is 0. The maximum absolute atomic E-state index is 4.43. The first-order valence-electron chi connectivity index (χ1n) is 5.46. The van der Waals surface area contributed by atoms with E-state index in [0.717, 1.165) is 16.7 Å². The second-order valence-electron chi connectivity index (χ2n) is 3.76. The molecule has 0 atom stereocenters. The molecule has 2 aromatic rings. The Morgan fingerprint density at radius 2 is 1.88 bits per heavy atom. The van der Waals surface area contributed by atoms with E-state index in [0.29, 0.717) is 0 Å². The van der Waals surface area contributed by atoms with Crippen molar-refractivity contribution in [2.24, 2.45) is 0 Å². The lowest BCUT2D eigenvalue weighted by molar-refractivity contribution is 0.968. The second-order valence-corrected chi connectivity index (χ2v) is 4.82. The summed E-state index contributed by atoms with van der Waals surface area (Å²) in [5.41, 5.74) is 1.26. The van der Waals surface area contributed by atoms with E-state index in [1.165, 1.54) is 10.5 Å². The molecule has 0 aliphatic heterocycles. The van der Waals surface area contributed by atoms with Crippen LogP contribution in [0.3, 0.4) is 0 Å². The normalized spacial score (nSPS) is 10.3. The first kappa shape index (κ1) is 11.9. The third-order valence-electron chi connectivity index (χ3n) is 2.38. The van der Waals surface area contributed by atoms with E-state index in [2.05, 4.69) is 34.3 Å². The van der Waals surface area contributed by atoms with Gasteiger partial charge in [0.1, 0.15) is 16.7 Å². The van der Waals surface area contributed by atoms with E-state index >= 15 is 0 Å². The van der Waals surface area contributed by atoms with Crippen LogP contribution >= 0.6 is 11.8 Å². The summed E-state index contributed by atoms with van der Waals surface area (Å²) in [5.74, 6) is 1.64. The molecule has 0 saturated heterocycles. The number of aryl methyl sites for hydroxylation is 2. The number of rotatable bonds is 3. The number of anilines is 1. The Balaban J connectivity index is 2.30. The second kappa shape index (κ2) is 5.19. The van der Waals surface area contributed by atoms with Gasteiger partial charge in [0.15, 0.2) is 0 Å². The fourth-order valence-corrected chi connectivity index (χ4v) is 2.45. The minimum atomic E-state index is 0.785. The smallest absolute Gasteiger partial charge is 0.130 e. The highest BCUT2D eigenvalue weighted by atomic mass is 32.2. The zero-order valence-electron chi connectivity index (χ0n) is 10.2. The van der Waals surface area contributed by atoms with Crippen molar-refractivity contribution >= 4 is 17.6 Å². The Morgan fingerprint density at radius 3 is 2.59 bits per heavy atom. The van der Waals surface area contributed by atoms with Gasteiger partial charge in [-0.25, -0.2) is 9.97 Å². The van der Waals surface area contributed by atoms with Crippen molar-refractivity contribution < 1.29 is 0 Å². The lowest BCUT2D eigenvalue weighted by Gasteiger charge is -2.07. The van der Waals surface area contributed by atoms with Gasteiger partial charge in [-0.1, -0.05) is 30.0 Å². The van der Waals surface area contributed by atoms with Crippen LogP contribution in [0.2, 0.25) is 0 Å². The molecular formula is C13H15N3S. The monoisotopic (exact) mass is 245 g/mol. The van der Waals surface area contributed by atoms with E-state index in [9.17, 15) is 0 Å². The molecule has 1 aromatic carbocycles. The Morgan fingerprint density at radius 1 is 1.12 bits per heavy atom. The molecule has 1 aromatic heterocycles. The molecule has 17 heavy (non-hydrogen) atoms. The van der Waals surface area contributed by atoms with Crippen LogP contribution in [0.1, 0.15) is 11.4 Å². The average molecular weight is 245 g/mol. The van der Waals surface area contributed by atoms with E-state index in [1.807, 2.05) is 32.2 Å². The minimum Gasteiger partial charge on any atom is -0.373 e. The Bertz CT molecular complexity index is 526. The molecule has 0 radical (unpaired) electrons. The van der Waals surface area contributed by atoms with Crippen molar-refractivity contribution in [1.29, 1.82) is 0 Å². The third kappa shape index (κ3) is 2.97. The fraction of sp³-hybridized carbons (Fsp3) is 0.231. The Hall–Kier alpha value is -1.55. The van der Waals surface area contributed by atoms with E-state index in [4.69, 9.17) is 0 Å². The highest BCUT2D eigenvalue weighted by Gasteiger charge is 2.04. The van der Waals surface area contributed by atoms with Crippen molar-refractivity contribution in [3.8, 4) is 0 Å². The predicted molar refractivity (Wildman–Crippen MR) is 71.6 cm³/mol. The molecule has 0 amide bonds. The molecule has 1 heterocycles. The quantitative estimate of drug-likeness (QED) is 0.842. The first-order valence-corrected chi connectivity index (χ1v) is 6.27. The zero-order valence-corrected chi connectivity index (χ0v) is 11.0. The van der Waals surface area contributed by atoms with E-state index < -0.39 is 0 Å². The van der Waals surface area contributed by atoms with Crippen LogP contribution in [0.4, 0.5) is 5.82 Å². The molecule has 88 valence electrons. The number of hydrogen-bond acceptors (Lipinski definition) is 4. The lowest BCUT2D eigenvalue weighted by Crippen LogP contribution is -1.97. The number of aromatic nitrogens is 2. The van der Waals surface area contributed by atoms with Crippen molar-refractivity contribution in [2.75, 3.05) is 12.4 Å². The molecule has 0 unspecified atom stereocenters. The minimum absolute atomic E-state index is 0.785. The largest absolute Gasteiger partial charge is 0.373 e. The van der Waals surface area contributed by atoms with Crippen molar-refractivity contribution in [1.82, 2.24) is 9.97 Å². The topological polar surface area (TPSA) is 37.8 Å². The zero-order chi connectivity index (χ0) is 12.3. The molecule has 0 bridgehead atoms. The van der Waals surface area contributed by atoms with Crippen molar-refractivity contribution in [2.45, 2.75) is 23.8 Å². The van der Waals surface area contributed by atoms with Gasteiger partial charge in [0.05, 0.1) is 0 Å². The van der Waals surface area contributed by atoms with Crippen LogP contribution in [0.25, 0.3) is 0 Å². The van der Waals surface area contributed by atoms with E-state index in [1.54, 1.807) is 11.8 Å². The standard InChI is InChI=1S/C13H15N3S/c1-9-6-4-5-7-11(9)17-13-8-12(14-3)15-10(2)16-13/h4-8H,1-3H3,(H,14,15,16). The van der Waals surface area contributed by atoms with Crippen LogP contribution < -0.4 is 5.32 Å². The average Bonchev–Trinajstić information content (AvgIpc) is 2.31. The van der Waals surface area contributed by atoms with Gasteiger partial charge in [0, 0.05) is 18.0 Å². The Labute approximate surface area is 106 Å². The molecule has 1 N–H and O–H groups in total. The van der Waals surface area contributed by atoms with Gasteiger partial charge in [0.2, 0.25) is 0 Å². The summed E-state index contributed by atoms with van der Waals surface area (Å²) >= 11 is 1.67. The third-order valence-corrected chi connectivity index (χ3v) is 3.47. The van der Waals surface area contributed by atoms with Gasteiger partial charge in [-0.05, 0) is 25.5 Å². The highest BCUT2D eigenvalue weighted by molar-refractivity contribution is 7.99. The molecule has 0 aliphatic carbocycles. The van der Waals surface area contributed by atoms with Crippen LogP contribution in [0.15, 0.2) is 40.3 Å². The molecular weight excluding hydrogens is 230 g/mol. The maximum Gasteiger partial charge on any atom is 0.130 e. The summed E-state index contributed by atoms with van der Waals surface area (Å²) in [4.78, 5) is 9.94. The molecule has 0 spiro atoms. The molecule has 2 rings (SSSR count). The molecule has 0 saturated carbocycles. The first-order chi connectivity index (χ1) is 8.19. The summed E-state index contributed by atoms with van der Waals surface area (Å²) < 4.78 is 0. The molecule has 0 fully saturated rings. The number of nitrogens with one attached hydrogen (secondary N) is 1. The number of benzene rings is 1. The lowest BCUT2D eigenvalue weighted by atomic mass is 10.2. The fourth-order valence-electron chi connectivity index (χ4n) is 1.50. The summed E-state index contributed by atoms with van der Waals surface area (Å²) in [5, 5.41) is 4.01. The molecule has 0 aliphatic rings. The van der Waals surface area contributed by atoms with Crippen LogP contribution in [-0.2, 0) is 0 Å². The van der Waals surface area contributed by atoms with Crippen molar-refractivity contribution in [3.63, 3.8) is 0 Å². The predicted octanol–water partition coefficient (Wildman–Crippen LogP) is 3.29. The number of nitrogens with zero attached hydrogens (tertiary/aromatic N) is 2. The van der Waals surface area contributed by atoms with Gasteiger partial charge < -0.3 is 5.32 Å². The van der Waals surface area contributed by atoms with Gasteiger partial charge in [-0.15, -0.1) is 0 Å². The molecule has 4 heteroatoms. The van der Waals surface area contributed by atoms with Crippen LogP contribution in [0.5, 0.6) is 0 Å². The van der Waals surface area contributed by atoms with Crippen LogP contribution in [-0.4, -0.2) is 17.0 Å². The highest BCUT2D eigenvalue weighted by Crippen LogP contribution is 2.29. The van der Waals surface area contributed by atoms with Crippen LogP contribution in [0, 0.1) is 13.8 Å². The van der Waals surface area contributed by atoms with Gasteiger partial charge in [-0.3, -0.25) is 0 Å². The Kier molecular flexibility index (Phi) is 3.64. The summed E-state index contributed by atoms with van der Waals surface area (Å²) in [6, 6.07) is 10.3. The summed E-state index contributed by atoms with van der Waals surface area (Å²) in [7, 11) is 1.87. The van der Waals surface area contributed by atoms with Crippen molar-refractivity contribution in [3.05, 3.63) is 41.7 Å². The van der Waals surface area contributed by atoms with Gasteiger partial charge in [-0.2, -0.15) is 0 Å². The van der Waals surface area contributed by atoms with Gasteiger partial charge in [0.25, 0.3) is 0 Å². The van der Waals surface area contributed by atoms with E-state index in [-0.39, 0.29) is 0 Å². The van der Waals surface area contributed by atoms with Gasteiger partial charge >= 0.3 is 0 Å². The maximum atomic E-state index is 4.43. The molecule has 3 nitrogen and oxygen atoms in total. The number of hydrogen-bond donors (Lipinski definition) is 1. The summed E-state index contributed by atoms with van der Waals surface area (Å²) in [6.45, 7) is 4.01.